The number of hydrogen-bond acceptors (Lipinski definition) is 2. The average molecular weight is 380 g/mol. The molecule has 1 aromatic carbocycles. The van der Waals surface area contributed by atoms with Crippen LogP contribution in [0.3, 0.4) is 0 Å². The van der Waals surface area contributed by atoms with Gasteiger partial charge in [0, 0.05) is 34.6 Å². The minimum atomic E-state index is 0.0903. The number of ketones is 1. The van der Waals surface area contributed by atoms with Gasteiger partial charge in [-0.3, -0.25) is 9.78 Å². The Kier molecular flexibility index (Phi) is 5.29. The van der Waals surface area contributed by atoms with Gasteiger partial charge in [0.2, 0.25) is 12.3 Å². The maximum Gasteiger partial charge on any atom is 0.227 e. The van der Waals surface area contributed by atoms with Gasteiger partial charge in [0.05, 0.1) is 0 Å². The summed E-state index contributed by atoms with van der Waals surface area (Å²) in [6, 6.07) is 15.3. The number of rotatable bonds is 5. The topological polar surface area (TPSA) is 33.8 Å². The largest absolute Gasteiger partial charge is 0.287 e. The van der Waals surface area contributed by atoms with Crippen molar-refractivity contribution in [3.8, 4) is 0 Å². The number of nitrogens with zero attached hydrogens (tertiary/aromatic N) is 2. The summed E-state index contributed by atoms with van der Waals surface area (Å²) >= 11 is 3.37. The second kappa shape index (κ2) is 7.79. The first-order valence-corrected chi connectivity index (χ1v) is 8.36. The Labute approximate surface area is 149 Å². The van der Waals surface area contributed by atoms with Gasteiger partial charge < -0.3 is 0 Å². The summed E-state index contributed by atoms with van der Waals surface area (Å²) in [7, 11) is 0. The molecule has 4 heteroatoms. The highest BCUT2D eigenvalue weighted by Gasteiger charge is 2.11. The Balaban J connectivity index is 1.65. The molecule has 2 aromatic heterocycles. The summed E-state index contributed by atoms with van der Waals surface area (Å²) in [5.41, 5.74) is 2.90. The van der Waals surface area contributed by atoms with Crippen LogP contribution in [-0.2, 0) is 6.54 Å². The number of benzene rings is 1. The van der Waals surface area contributed by atoms with Crippen LogP contribution in [-0.4, -0.2) is 10.8 Å². The highest BCUT2D eigenvalue weighted by molar-refractivity contribution is 9.10. The summed E-state index contributed by atoms with van der Waals surface area (Å²) in [6.07, 6.45) is 11.5. The summed E-state index contributed by atoms with van der Waals surface area (Å²) in [5, 5.41) is 0. The van der Waals surface area contributed by atoms with Gasteiger partial charge in [0.15, 0.2) is 12.4 Å². The highest BCUT2D eigenvalue weighted by Crippen LogP contribution is 2.11. The minimum Gasteiger partial charge on any atom is -0.287 e. The van der Waals surface area contributed by atoms with E-state index in [1.165, 1.54) is 0 Å². The van der Waals surface area contributed by atoms with Crippen LogP contribution in [0.1, 0.15) is 21.5 Å². The van der Waals surface area contributed by atoms with Gasteiger partial charge in [-0.1, -0.05) is 40.2 Å². The molecule has 0 radical (unpaired) electrons. The molecule has 0 N–H and O–H groups in total. The van der Waals surface area contributed by atoms with E-state index in [1.54, 1.807) is 12.4 Å². The fourth-order valence-corrected chi connectivity index (χ4v) is 2.51. The molecule has 0 saturated heterocycles. The number of hydrogen-bond donors (Lipinski definition) is 0. The van der Waals surface area contributed by atoms with Crippen molar-refractivity contribution < 1.29 is 9.36 Å². The predicted octanol–water partition coefficient (Wildman–Crippen LogP) is 4.18. The van der Waals surface area contributed by atoms with E-state index in [4.69, 9.17) is 0 Å². The second-order valence-electron chi connectivity index (χ2n) is 5.35. The molecular formula is C20H16BrN2O+. The average Bonchev–Trinajstić information content (AvgIpc) is 2.62. The van der Waals surface area contributed by atoms with Gasteiger partial charge in [-0.2, -0.15) is 4.57 Å². The Morgan fingerprint density at radius 1 is 0.917 bits per heavy atom. The van der Waals surface area contributed by atoms with Crippen LogP contribution in [0.25, 0.3) is 12.2 Å². The molecule has 3 rings (SSSR count). The van der Waals surface area contributed by atoms with Gasteiger partial charge in [-0.25, -0.2) is 0 Å². The number of pyridine rings is 2. The van der Waals surface area contributed by atoms with Crippen LogP contribution >= 0.6 is 15.9 Å². The first kappa shape index (κ1) is 16.3. The van der Waals surface area contributed by atoms with Crippen LogP contribution in [0.4, 0.5) is 0 Å². The molecule has 0 spiro atoms. The van der Waals surface area contributed by atoms with E-state index in [0.29, 0.717) is 12.1 Å². The van der Waals surface area contributed by atoms with Crippen molar-refractivity contribution in [3.05, 3.63) is 94.5 Å². The molecule has 118 valence electrons. The molecule has 3 nitrogen and oxygen atoms in total. The molecule has 0 saturated carbocycles. The van der Waals surface area contributed by atoms with Crippen molar-refractivity contribution in [1.29, 1.82) is 0 Å². The molecule has 0 unspecified atom stereocenters. The fourth-order valence-electron chi connectivity index (χ4n) is 2.25. The molecule has 0 aliphatic carbocycles. The van der Waals surface area contributed by atoms with E-state index in [2.05, 4.69) is 20.9 Å². The van der Waals surface area contributed by atoms with E-state index in [1.807, 2.05) is 77.6 Å². The fraction of sp³-hybridized carbons (Fsp3) is 0.0500. The zero-order valence-electron chi connectivity index (χ0n) is 13.0. The van der Waals surface area contributed by atoms with Crippen LogP contribution in [0.5, 0.6) is 0 Å². The van der Waals surface area contributed by atoms with Crippen LogP contribution in [0, 0.1) is 0 Å². The summed E-state index contributed by atoms with van der Waals surface area (Å²) in [5.74, 6) is 0.0903. The maximum absolute atomic E-state index is 12.3. The number of carbonyl (C=O) groups is 1. The molecule has 0 fully saturated rings. The molecule has 0 aliphatic rings. The second-order valence-corrected chi connectivity index (χ2v) is 6.26. The Morgan fingerprint density at radius 3 is 2.12 bits per heavy atom. The normalized spacial score (nSPS) is 10.9. The molecular weight excluding hydrogens is 364 g/mol. The first-order valence-electron chi connectivity index (χ1n) is 7.57. The van der Waals surface area contributed by atoms with Crippen LogP contribution in [0.2, 0.25) is 0 Å². The third-order valence-electron chi connectivity index (χ3n) is 3.58. The van der Waals surface area contributed by atoms with E-state index >= 15 is 0 Å². The lowest BCUT2D eigenvalue weighted by molar-refractivity contribution is -0.683. The molecule has 0 atom stereocenters. The molecule has 3 aromatic rings. The van der Waals surface area contributed by atoms with E-state index in [9.17, 15) is 4.79 Å². The Hall–Kier alpha value is -2.59. The lowest BCUT2D eigenvalue weighted by Crippen LogP contribution is -2.37. The number of halogens is 1. The van der Waals surface area contributed by atoms with Gasteiger partial charge in [-0.05, 0) is 35.4 Å². The van der Waals surface area contributed by atoms with Crippen molar-refractivity contribution in [3.63, 3.8) is 0 Å². The van der Waals surface area contributed by atoms with Gasteiger partial charge >= 0.3 is 0 Å². The maximum atomic E-state index is 12.3. The first-order chi connectivity index (χ1) is 11.7. The third kappa shape index (κ3) is 4.46. The van der Waals surface area contributed by atoms with Crippen LogP contribution in [0.15, 0.2) is 77.8 Å². The van der Waals surface area contributed by atoms with Crippen molar-refractivity contribution in [2.24, 2.45) is 0 Å². The minimum absolute atomic E-state index is 0.0903. The zero-order chi connectivity index (χ0) is 16.8. The molecule has 0 aliphatic heterocycles. The standard InChI is InChI=1S/C20H16BrN2O/c21-19-5-3-18(4-6-19)20(24)15-23-13-9-17(10-14-23)2-1-16-7-11-22-12-8-16/h1-14H,15H2/q+1/b2-1+. The summed E-state index contributed by atoms with van der Waals surface area (Å²) in [4.78, 5) is 16.3. The van der Waals surface area contributed by atoms with E-state index < -0.39 is 0 Å². The van der Waals surface area contributed by atoms with Gasteiger partial charge in [-0.15, -0.1) is 0 Å². The SMILES string of the molecule is O=C(C[n+]1ccc(/C=C/c2ccncc2)cc1)c1ccc(Br)cc1. The van der Waals surface area contributed by atoms with E-state index in [0.717, 1.165) is 15.6 Å². The van der Waals surface area contributed by atoms with Crippen molar-refractivity contribution in [1.82, 2.24) is 4.98 Å². The lowest BCUT2D eigenvalue weighted by Gasteiger charge is -1.99. The molecule has 24 heavy (non-hydrogen) atoms. The van der Waals surface area contributed by atoms with Crippen molar-refractivity contribution in [2.45, 2.75) is 6.54 Å². The summed E-state index contributed by atoms with van der Waals surface area (Å²) in [6.45, 7) is 0.329. The smallest absolute Gasteiger partial charge is 0.227 e. The predicted molar refractivity (Wildman–Crippen MR) is 98.3 cm³/mol. The highest BCUT2D eigenvalue weighted by atomic mass is 79.9. The number of aromatic nitrogens is 2. The van der Waals surface area contributed by atoms with Gasteiger partial charge in [0.1, 0.15) is 0 Å². The molecule has 0 bridgehead atoms. The molecule has 0 amide bonds. The molecule has 2 heterocycles. The summed E-state index contributed by atoms with van der Waals surface area (Å²) < 4.78 is 2.85. The van der Waals surface area contributed by atoms with Crippen molar-refractivity contribution >= 4 is 33.9 Å². The van der Waals surface area contributed by atoms with Crippen molar-refractivity contribution in [2.75, 3.05) is 0 Å². The Morgan fingerprint density at radius 2 is 1.50 bits per heavy atom. The number of Topliss-reactive ketones (excluding diaryl/α,β-unsaturated/α-hetero) is 1. The zero-order valence-corrected chi connectivity index (χ0v) is 14.6. The monoisotopic (exact) mass is 379 g/mol. The number of carbonyl (C=O) groups excluding carboxylic acids is 1. The Bertz CT molecular complexity index is 841. The quantitative estimate of drug-likeness (QED) is 0.492. The van der Waals surface area contributed by atoms with Gasteiger partial charge in [0.25, 0.3) is 0 Å². The third-order valence-corrected chi connectivity index (χ3v) is 4.11. The van der Waals surface area contributed by atoms with Crippen LogP contribution < -0.4 is 4.57 Å². The lowest BCUT2D eigenvalue weighted by atomic mass is 10.1. The van der Waals surface area contributed by atoms with E-state index in [-0.39, 0.29) is 5.78 Å².